The number of rotatable bonds is 1. The van der Waals surface area contributed by atoms with Gasteiger partial charge in [0.05, 0.1) is 5.56 Å². The first-order chi connectivity index (χ1) is 6.43. The van der Waals surface area contributed by atoms with Gasteiger partial charge in [0.25, 0.3) is 0 Å². The average molecular weight is 176 g/mol. The lowest BCUT2D eigenvalue weighted by Gasteiger charge is -2.15. The molecular weight excluding hydrogens is 164 g/mol. The molecule has 1 saturated carbocycles. The van der Waals surface area contributed by atoms with Gasteiger partial charge in [-0.05, 0) is 18.9 Å². The number of fused-ring (bicyclic) bond motifs is 1. The molecule has 4 nitrogen and oxygen atoms in total. The van der Waals surface area contributed by atoms with E-state index in [0.717, 1.165) is 17.2 Å². The minimum atomic E-state index is 0.666. The number of aromatic nitrogens is 1. The Hall–Kier alpha value is -1.45. The molecule has 1 aromatic heterocycles. The summed E-state index contributed by atoms with van der Waals surface area (Å²) in [6.45, 7) is 0.669. The van der Waals surface area contributed by atoms with Gasteiger partial charge < -0.3 is 15.6 Å². The van der Waals surface area contributed by atoms with E-state index in [4.69, 9.17) is 0 Å². The molecule has 3 rings (SSSR count). The molecule has 1 aromatic rings. The van der Waals surface area contributed by atoms with Crippen LogP contribution in [0.1, 0.15) is 18.4 Å². The highest BCUT2D eigenvalue weighted by Gasteiger charge is 2.25. The van der Waals surface area contributed by atoms with Crippen LogP contribution in [0.5, 0.6) is 0 Å². The Bertz CT molecular complexity index is 348. The number of aromatic amines is 1. The largest absolute Gasteiger partial charge is 0.367 e. The number of aliphatic imine (C=N–C) groups is 1. The van der Waals surface area contributed by atoms with Crippen molar-refractivity contribution < 1.29 is 0 Å². The highest BCUT2D eigenvalue weighted by molar-refractivity contribution is 6.04. The lowest BCUT2D eigenvalue weighted by atomic mass is 10.2. The van der Waals surface area contributed by atoms with Gasteiger partial charge in [0.2, 0.25) is 0 Å². The molecule has 68 valence electrons. The van der Waals surface area contributed by atoms with Gasteiger partial charge in [-0.1, -0.05) is 0 Å². The lowest BCUT2D eigenvalue weighted by molar-refractivity contribution is 0.891. The molecule has 1 fully saturated rings. The van der Waals surface area contributed by atoms with Gasteiger partial charge in [0.15, 0.2) is 0 Å². The van der Waals surface area contributed by atoms with E-state index in [1.807, 2.05) is 6.20 Å². The van der Waals surface area contributed by atoms with E-state index in [0.29, 0.717) is 12.7 Å². The Balaban J connectivity index is 1.89. The maximum absolute atomic E-state index is 4.40. The third-order valence-corrected chi connectivity index (χ3v) is 2.41. The van der Waals surface area contributed by atoms with Gasteiger partial charge in [-0.2, -0.15) is 0 Å². The van der Waals surface area contributed by atoms with Crippen molar-refractivity contribution in [2.45, 2.75) is 18.9 Å². The summed E-state index contributed by atoms with van der Waals surface area (Å²) in [5.41, 5.74) is 1.16. The highest BCUT2D eigenvalue weighted by Crippen LogP contribution is 2.22. The summed E-state index contributed by atoms with van der Waals surface area (Å²) in [4.78, 5) is 7.55. The zero-order valence-corrected chi connectivity index (χ0v) is 7.30. The smallest absolute Gasteiger partial charge is 0.134 e. The molecule has 1 aliphatic carbocycles. The first kappa shape index (κ1) is 7.00. The summed E-state index contributed by atoms with van der Waals surface area (Å²) in [7, 11) is 0. The Morgan fingerprint density at radius 2 is 2.38 bits per heavy atom. The van der Waals surface area contributed by atoms with Crippen LogP contribution >= 0.6 is 0 Å². The topological polar surface area (TPSA) is 52.2 Å². The third kappa shape index (κ3) is 1.18. The van der Waals surface area contributed by atoms with Gasteiger partial charge in [-0.3, -0.25) is 0 Å². The number of amidine groups is 1. The quantitative estimate of drug-likeness (QED) is 0.595. The first-order valence-corrected chi connectivity index (χ1v) is 4.66. The van der Waals surface area contributed by atoms with Crippen molar-refractivity contribution in [3.8, 4) is 0 Å². The predicted molar refractivity (Wildman–Crippen MR) is 52.0 cm³/mol. The monoisotopic (exact) mass is 176 g/mol. The van der Waals surface area contributed by atoms with E-state index in [-0.39, 0.29) is 0 Å². The second kappa shape index (κ2) is 2.52. The number of hydrogen-bond acceptors (Lipinski definition) is 3. The zero-order valence-electron chi connectivity index (χ0n) is 7.30. The number of hydrogen-bond donors (Lipinski definition) is 3. The van der Waals surface area contributed by atoms with Gasteiger partial charge in [0.1, 0.15) is 18.3 Å². The fourth-order valence-electron chi connectivity index (χ4n) is 1.54. The van der Waals surface area contributed by atoms with E-state index in [9.17, 15) is 0 Å². The molecule has 0 bridgehead atoms. The van der Waals surface area contributed by atoms with Crippen LogP contribution in [-0.2, 0) is 0 Å². The van der Waals surface area contributed by atoms with Gasteiger partial charge in [0, 0.05) is 12.2 Å². The maximum Gasteiger partial charge on any atom is 0.134 e. The summed E-state index contributed by atoms with van der Waals surface area (Å²) >= 11 is 0. The summed E-state index contributed by atoms with van der Waals surface area (Å²) < 4.78 is 0. The van der Waals surface area contributed by atoms with Crippen LogP contribution in [0, 0.1) is 0 Å². The summed E-state index contributed by atoms with van der Waals surface area (Å²) in [5, 5.41) is 6.61. The van der Waals surface area contributed by atoms with Crippen LogP contribution in [0.25, 0.3) is 0 Å². The number of nitrogens with one attached hydrogen (secondary N) is 3. The Morgan fingerprint density at radius 3 is 3.23 bits per heavy atom. The molecule has 2 heterocycles. The lowest BCUT2D eigenvalue weighted by Crippen LogP contribution is -2.30. The third-order valence-electron chi connectivity index (χ3n) is 2.41. The molecule has 1 aliphatic heterocycles. The number of H-pyrrole nitrogens is 1. The van der Waals surface area contributed by atoms with E-state index in [2.05, 4.69) is 26.7 Å². The van der Waals surface area contributed by atoms with E-state index < -0.39 is 0 Å². The van der Waals surface area contributed by atoms with E-state index in [1.165, 1.54) is 12.8 Å². The molecule has 4 heteroatoms. The Morgan fingerprint density at radius 1 is 1.46 bits per heavy atom. The summed E-state index contributed by atoms with van der Waals surface area (Å²) in [5.74, 6) is 2.12. The first-order valence-electron chi connectivity index (χ1n) is 4.66. The number of nitrogens with zero attached hydrogens (tertiary/aromatic N) is 1. The van der Waals surface area contributed by atoms with Crippen LogP contribution in [0.15, 0.2) is 17.3 Å². The Kier molecular flexibility index (Phi) is 1.36. The fraction of sp³-hybridized carbons (Fsp3) is 0.444. The van der Waals surface area contributed by atoms with E-state index in [1.54, 1.807) is 0 Å². The van der Waals surface area contributed by atoms with Crippen LogP contribution in [0.3, 0.4) is 0 Å². The van der Waals surface area contributed by atoms with Crippen molar-refractivity contribution in [3.63, 3.8) is 0 Å². The second-order valence-electron chi connectivity index (χ2n) is 3.53. The zero-order chi connectivity index (χ0) is 8.67. The van der Waals surface area contributed by atoms with Crippen molar-refractivity contribution in [2.75, 3.05) is 12.0 Å². The van der Waals surface area contributed by atoms with Crippen LogP contribution < -0.4 is 10.6 Å². The minimum Gasteiger partial charge on any atom is -0.367 e. The van der Waals surface area contributed by atoms with Crippen LogP contribution in [0.4, 0.5) is 5.82 Å². The van der Waals surface area contributed by atoms with Crippen molar-refractivity contribution in [3.05, 3.63) is 17.8 Å². The van der Waals surface area contributed by atoms with Crippen molar-refractivity contribution in [1.82, 2.24) is 10.3 Å². The van der Waals surface area contributed by atoms with Gasteiger partial charge in [-0.15, -0.1) is 0 Å². The SMILES string of the molecule is c1cc2c([nH]1)NCN=C2NC1CC1. The summed E-state index contributed by atoms with van der Waals surface area (Å²) in [6.07, 6.45) is 4.51. The molecule has 0 spiro atoms. The van der Waals surface area contributed by atoms with Gasteiger partial charge in [-0.25, -0.2) is 4.99 Å². The maximum atomic E-state index is 4.40. The van der Waals surface area contributed by atoms with Crippen LogP contribution in [0.2, 0.25) is 0 Å². The average Bonchev–Trinajstić information content (AvgIpc) is 2.83. The molecular formula is C9H12N4. The molecule has 3 N–H and O–H groups in total. The van der Waals surface area contributed by atoms with Crippen molar-refractivity contribution in [2.24, 2.45) is 4.99 Å². The summed E-state index contributed by atoms with van der Waals surface area (Å²) in [6, 6.07) is 2.72. The highest BCUT2D eigenvalue weighted by atomic mass is 15.2. The molecule has 0 radical (unpaired) electrons. The van der Waals surface area contributed by atoms with Crippen molar-refractivity contribution >= 4 is 11.7 Å². The molecule has 0 aromatic carbocycles. The predicted octanol–water partition coefficient (Wildman–Crippen LogP) is 0.896. The molecule has 0 amide bonds. The van der Waals surface area contributed by atoms with Gasteiger partial charge >= 0.3 is 0 Å². The molecule has 0 atom stereocenters. The molecule has 0 saturated heterocycles. The van der Waals surface area contributed by atoms with Crippen molar-refractivity contribution in [1.29, 1.82) is 0 Å². The molecule has 13 heavy (non-hydrogen) atoms. The second-order valence-corrected chi connectivity index (χ2v) is 3.53. The molecule has 0 unspecified atom stereocenters. The Labute approximate surface area is 76.4 Å². The molecule has 2 aliphatic rings. The normalized spacial score (nSPS) is 20.2. The van der Waals surface area contributed by atoms with Crippen LogP contribution in [-0.4, -0.2) is 23.5 Å². The number of anilines is 1. The fourth-order valence-corrected chi connectivity index (χ4v) is 1.54. The minimum absolute atomic E-state index is 0.666. The standard InChI is InChI=1S/C9H12N4/c1-2-6(1)13-9-7-3-4-10-8(7)11-5-12-9/h3-4,6,10-11H,1-2,5H2,(H,12,13). The van der Waals surface area contributed by atoms with E-state index >= 15 is 0 Å².